The van der Waals surface area contributed by atoms with Gasteiger partial charge in [-0.25, -0.2) is 0 Å². The van der Waals surface area contributed by atoms with Crippen LogP contribution in [-0.2, 0) is 9.53 Å². The number of aromatic nitrogens is 2. The molecule has 3 heterocycles. The Kier molecular flexibility index (Phi) is 8.42. The molecule has 0 spiro atoms. The number of nitrogens with one attached hydrogen (secondary N) is 2. The quantitative estimate of drug-likeness (QED) is 0.146. The summed E-state index contributed by atoms with van der Waals surface area (Å²) in [7, 11) is 2.95. The number of amides is 1. The molecule has 0 saturated carbocycles. The Bertz CT molecular complexity index is 1710. The lowest BCUT2D eigenvalue weighted by Crippen LogP contribution is -2.29. The number of nitrogens with zero attached hydrogens (tertiary/aromatic N) is 4. The topological polar surface area (TPSA) is 124 Å². The fraction of sp³-hybridized carbons (Fsp3) is 0.258. The second-order valence-corrected chi connectivity index (χ2v) is 10.6. The lowest BCUT2D eigenvalue weighted by molar-refractivity contribution is -0.384. The summed E-state index contributed by atoms with van der Waals surface area (Å²) >= 11 is 5.91. The van der Waals surface area contributed by atoms with Gasteiger partial charge in [0.25, 0.3) is 5.69 Å². The summed E-state index contributed by atoms with van der Waals surface area (Å²) in [6.07, 6.45) is 1.74. The van der Waals surface area contributed by atoms with E-state index >= 15 is 0 Å². The number of pyridine rings is 1. The predicted octanol–water partition coefficient (Wildman–Crippen LogP) is 5.48. The Morgan fingerprint density at radius 1 is 1.12 bits per heavy atom. The minimum absolute atomic E-state index is 0.0445. The van der Waals surface area contributed by atoms with E-state index in [4.69, 9.17) is 21.7 Å². The van der Waals surface area contributed by atoms with Gasteiger partial charge in [-0.15, -0.1) is 0 Å². The van der Waals surface area contributed by atoms with Gasteiger partial charge < -0.3 is 29.6 Å². The summed E-state index contributed by atoms with van der Waals surface area (Å²) < 4.78 is 12.1. The summed E-state index contributed by atoms with van der Waals surface area (Å²) in [6.45, 7) is 5.74. The van der Waals surface area contributed by atoms with Crippen molar-refractivity contribution in [3.8, 4) is 11.4 Å². The lowest BCUT2D eigenvalue weighted by Gasteiger charge is -2.29. The predicted molar refractivity (Wildman–Crippen MR) is 168 cm³/mol. The molecular formula is C31H32N6O5S. The van der Waals surface area contributed by atoms with Crippen molar-refractivity contribution >= 4 is 40.3 Å². The van der Waals surface area contributed by atoms with Gasteiger partial charge in [0.1, 0.15) is 18.0 Å². The number of nitro benzene ring substituents is 1. The van der Waals surface area contributed by atoms with Crippen LogP contribution in [0.5, 0.6) is 5.75 Å². The summed E-state index contributed by atoms with van der Waals surface area (Å²) in [5.41, 5.74) is 6.11. The van der Waals surface area contributed by atoms with Crippen LogP contribution in [0.25, 0.3) is 5.69 Å². The number of anilines is 2. The number of carbonyl (C=O) groups is 1. The number of benzene rings is 2. The number of hydrogen-bond donors (Lipinski definition) is 2. The van der Waals surface area contributed by atoms with Crippen LogP contribution in [0.4, 0.5) is 17.1 Å². The van der Waals surface area contributed by atoms with Crippen molar-refractivity contribution in [3.63, 3.8) is 0 Å². The standard InChI is InChI=1S/C31H32N6O5S/c1-18-14-21(9-11-24(18)33-28(38)17-41-4)36-30(29(34-31(36)43)25-8-6-7-13-32-25)23-15-19(2)35(20(23)3)26-12-10-22(42-5)16-27(26)37(39)40/h6-16,29-30H,17H2,1-5H3,(H,33,38)(H,34,43)/t29-,30-/m0/s1. The molecule has 222 valence electrons. The molecule has 1 fully saturated rings. The Balaban J connectivity index is 1.64. The highest BCUT2D eigenvalue weighted by atomic mass is 32.1. The maximum atomic E-state index is 12.1. The molecule has 2 aromatic carbocycles. The van der Waals surface area contributed by atoms with Gasteiger partial charge in [-0.1, -0.05) is 6.07 Å². The maximum Gasteiger partial charge on any atom is 0.296 e. The Labute approximate surface area is 254 Å². The molecule has 5 rings (SSSR count). The molecule has 11 nitrogen and oxygen atoms in total. The van der Waals surface area contributed by atoms with Crippen LogP contribution < -0.4 is 20.3 Å². The number of aryl methyl sites for hydroxylation is 2. The molecule has 2 N–H and O–H groups in total. The normalized spacial score (nSPS) is 16.2. The fourth-order valence-corrected chi connectivity index (χ4v) is 5.97. The molecule has 1 aliphatic heterocycles. The highest BCUT2D eigenvalue weighted by molar-refractivity contribution is 7.80. The van der Waals surface area contributed by atoms with E-state index in [2.05, 4.69) is 15.6 Å². The van der Waals surface area contributed by atoms with E-state index in [0.29, 0.717) is 22.2 Å². The van der Waals surface area contributed by atoms with Crippen LogP contribution in [0.2, 0.25) is 0 Å². The van der Waals surface area contributed by atoms with Gasteiger partial charge in [0.15, 0.2) is 5.11 Å². The highest BCUT2D eigenvalue weighted by Gasteiger charge is 2.42. The third-order valence-corrected chi connectivity index (χ3v) is 7.86. The van der Waals surface area contributed by atoms with Crippen molar-refractivity contribution in [2.24, 2.45) is 0 Å². The van der Waals surface area contributed by atoms with E-state index in [9.17, 15) is 14.9 Å². The second kappa shape index (κ2) is 12.2. The molecule has 43 heavy (non-hydrogen) atoms. The lowest BCUT2D eigenvalue weighted by atomic mass is 9.96. The molecule has 0 bridgehead atoms. The minimum atomic E-state index is -0.401. The zero-order valence-corrected chi connectivity index (χ0v) is 25.3. The molecule has 0 aliphatic carbocycles. The Morgan fingerprint density at radius 3 is 2.56 bits per heavy atom. The molecule has 1 saturated heterocycles. The second-order valence-electron chi connectivity index (χ2n) is 10.3. The monoisotopic (exact) mass is 600 g/mol. The van der Waals surface area contributed by atoms with E-state index < -0.39 is 4.92 Å². The van der Waals surface area contributed by atoms with Crippen LogP contribution in [0.3, 0.4) is 0 Å². The zero-order chi connectivity index (χ0) is 30.8. The van der Waals surface area contributed by atoms with Crippen LogP contribution in [-0.4, -0.2) is 46.3 Å². The molecular weight excluding hydrogens is 568 g/mol. The first-order valence-corrected chi connectivity index (χ1v) is 14.0. The third-order valence-electron chi connectivity index (χ3n) is 7.54. The van der Waals surface area contributed by atoms with Crippen molar-refractivity contribution in [2.75, 3.05) is 31.0 Å². The molecule has 1 aliphatic rings. The number of nitro groups is 1. The molecule has 0 radical (unpaired) electrons. The minimum Gasteiger partial charge on any atom is -0.496 e. The maximum absolute atomic E-state index is 12.1. The van der Waals surface area contributed by atoms with E-state index in [1.807, 2.05) is 72.7 Å². The number of rotatable bonds is 9. The van der Waals surface area contributed by atoms with Gasteiger partial charge in [0.2, 0.25) is 5.91 Å². The van der Waals surface area contributed by atoms with Gasteiger partial charge in [-0.3, -0.25) is 19.9 Å². The fourth-order valence-electron chi connectivity index (χ4n) is 5.63. The van der Waals surface area contributed by atoms with Crippen LogP contribution >= 0.6 is 12.2 Å². The van der Waals surface area contributed by atoms with E-state index in [0.717, 1.165) is 33.9 Å². The molecule has 1 amide bonds. The molecule has 4 aromatic rings. The zero-order valence-electron chi connectivity index (χ0n) is 24.5. The van der Waals surface area contributed by atoms with Gasteiger partial charge >= 0.3 is 0 Å². The number of thiocarbonyl (C=S) groups is 1. The molecule has 2 atom stereocenters. The van der Waals surface area contributed by atoms with Crippen molar-refractivity contribution in [2.45, 2.75) is 32.9 Å². The Hall–Kier alpha value is -4.81. The van der Waals surface area contributed by atoms with Crippen LogP contribution in [0.1, 0.15) is 40.3 Å². The number of methoxy groups -OCH3 is 2. The first-order valence-electron chi connectivity index (χ1n) is 13.6. The smallest absolute Gasteiger partial charge is 0.296 e. The summed E-state index contributed by atoms with van der Waals surface area (Å²) in [4.78, 5) is 30.5. The average Bonchev–Trinajstić information content (AvgIpc) is 3.48. The summed E-state index contributed by atoms with van der Waals surface area (Å²) in [6, 6.07) is 17.7. The average molecular weight is 601 g/mol. The van der Waals surface area contributed by atoms with E-state index in [1.165, 1.54) is 20.3 Å². The third kappa shape index (κ3) is 5.66. The van der Waals surface area contributed by atoms with E-state index in [-0.39, 0.29) is 30.3 Å². The number of ether oxygens (including phenoxy) is 2. The van der Waals surface area contributed by atoms with Crippen LogP contribution in [0.15, 0.2) is 66.9 Å². The largest absolute Gasteiger partial charge is 0.496 e. The molecule has 2 aromatic heterocycles. The molecule has 0 unspecified atom stereocenters. The van der Waals surface area contributed by atoms with Crippen LogP contribution in [0, 0.1) is 30.9 Å². The summed E-state index contributed by atoms with van der Waals surface area (Å²) in [5, 5.41) is 18.9. The van der Waals surface area contributed by atoms with Gasteiger partial charge in [-0.05, 0) is 92.6 Å². The first kappa shape index (κ1) is 29.7. The highest BCUT2D eigenvalue weighted by Crippen LogP contribution is 2.45. The van der Waals surface area contributed by atoms with Crippen molar-refractivity contribution in [1.82, 2.24) is 14.9 Å². The van der Waals surface area contributed by atoms with Crippen molar-refractivity contribution < 1.29 is 19.2 Å². The van der Waals surface area contributed by atoms with Gasteiger partial charge in [0, 0.05) is 36.1 Å². The first-order chi connectivity index (χ1) is 20.6. The van der Waals surface area contributed by atoms with Crippen molar-refractivity contribution in [1.29, 1.82) is 0 Å². The van der Waals surface area contributed by atoms with Gasteiger partial charge in [0.05, 0.1) is 35.9 Å². The summed E-state index contributed by atoms with van der Waals surface area (Å²) in [5.74, 6) is 0.159. The number of hydrogen-bond acceptors (Lipinski definition) is 7. The molecule has 12 heteroatoms. The number of carbonyl (C=O) groups excluding carboxylic acids is 1. The van der Waals surface area contributed by atoms with Crippen molar-refractivity contribution in [3.05, 3.63) is 105 Å². The Morgan fingerprint density at radius 2 is 1.91 bits per heavy atom. The van der Waals surface area contributed by atoms with Gasteiger partial charge in [-0.2, -0.15) is 0 Å². The van der Waals surface area contributed by atoms with E-state index in [1.54, 1.807) is 18.3 Å². The SMILES string of the molecule is COCC(=O)Nc1ccc(N2C(=S)N[C@@H](c3ccccn3)[C@@H]2c2cc(C)n(-c3ccc(OC)cc3[N+](=O)[O-])c2C)cc1C.